The molecule has 0 spiro atoms. The van der Waals surface area contributed by atoms with Crippen LogP contribution in [0.15, 0.2) is 18.3 Å². The Labute approximate surface area is 102 Å². The summed E-state index contributed by atoms with van der Waals surface area (Å²) in [5, 5.41) is 11.6. The van der Waals surface area contributed by atoms with Gasteiger partial charge in [-0.2, -0.15) is 10.2 Å². The standard InChI is InChI=1S/C13H20N4/c1-17-12-4-5-13(17)8-11(7-12)14-9-10-3-2-6-15-16-10/h2-3,6,11-14H,4-5,7-9H2,1H3. The van der Waals surface area contributed by atoms with Crippen molar-refractivity contribution in [3.8, 4) is 0 Å². The number of hydrogen-bond donors (Lipinski definition) is 1. The van der Waals surface area contributed by atoms with Crippen LogP contribution in [0.4, 0.5) is 0 Å². The molecule has 4 heteroatoms. The van der Waals surface area contributed by atoms with E-state index in [9.17, 15) is 0 Å². The first-order chi connectivity index (χ1) is 8.33. The second kappa shape index (κ2) is 4.70. The van der Waals surface area contributed by atoms with Crippen molar-refractivity contribution in [2.24, 2.45) is 0 Å². The van der Waals surface area contributed by atoms with Gasteiger partial charge in [0.2, 0.25) is 0 Å². The van der Waals surface area contributed by atoms with E-state index >= 15 is 0 Å². The van der Waals surface area contributed by atoms with Crippen LogP contribution in [0.3, 0.4) is 0 Å². The Morgan fingerprint density at radius 2 is 2.12 bits per heavy atom. The third-order valence-electron chi connectivity index (χ3n) is 4.30. The fraction of sp³-hybridized carbons (Fsp3) is 0.692. The number of nitrogens with one attached hydrogen (secondary N) is 1. The van der Waals surface area contributed by atoms with Crippen molar-refractivity contribution in [2.45, 2.75) is 50.4 Å². The largest absolute Gasteiger partial charge is 0.308 e. The molecule has 2 saturated heterocycles. The van der Waals surface area contributed by atoms with Gasteiger partial charge in [0.25, 0.3) is 0 Å². The molecule has 2 aliphatic heterocycles. The van der Waals surface area contributed by atoms with Gasteiger partial charge in [-0.05, 0) is 44.9 Å². The highest BCUT2D eigenvalue weighted by Gasteiger charge is 2.37. The Bertz CT molecular complexity index is 353. The molecule has 0 aliphatic carbocycles. The van der Waals surface area contributed by atoms with Crippen molar-refractivity contribution in [2.75, 3.05) is 7.05 Å². The van der Waals surface area contributed by atoms with Crippen LogP contribution in [0, 0.1) is 0 Å². The summed E-state index contributed by atoms with van der Waals surface area (Å²) >= 11 is 0. The van der Waals surface area contributed by atoms with Crippen LogP contribution in [0.25, 0.3) is 0 Å². The van der Waals surface area contributed by atoms with E-state index in [1.807, 2.05) is 12.1 Å². The predicted molar refractivity (Wildman–Crippen MR) is 66.5 cm³/mol. The van der Waals surface area contributed by atoms with Gasteiger partial charge in [-0.25, -0.2) is 0 Å². The van der Waals surface area contributed by atoms with Crippen LogP contribution < -0.4 is 5.32 Å². The summed E-state index contributed by atoms with van der Waals surface area (Å²) in [6.45, 7) is 0.849. The molecule has 2 atom stereocenters. The topological polar surface area (TPSA) is 41.0 Å². The molecule has 4 nitrogen and oxygen atoms in total. The first-order valence-electron chi connectivity index (χ1n) is 6.55. The fourth-order valence-electron chi connectivity index (χ4n) is 3.25. The molecule has 1 aromatic rings. The quantitative estimate of drug-likeness (QED) is 0.850. The fourth-order valence-corrected chi connectivity index (χ4v) is 3.25. The van der Waals surface area contributed by atoms with Gasteiger partial charge in [0.1, 0.15) is 0 Å². The molecule has 0 amide bonds. The SMILES string of the molecule is CN1C2CCC1CC(NCc1cccnn1)C2. The van der Waals surface area contributed by atoms with Crippen LogP contribution in [0.2, 0.25) is 0 Å². The minimum Gasteiger partial charge on any atom is -0.308 e. The lowest BCUT2D eigenvalue weighted by Gasteiger charge is -2.36. The van der Waals surface area contributed by atoms with Gasteiger partial charge in [-0.3, -0.25) is 0 Å². The van der Waals surface area contributed by atoms with Crippen molar-refractivity contribution in [3.63, 3.8) is 0 Å². The lowest BCUT2D eigenvalue weighted by atomic mass is 9.98. The van der Waals surface area contributed by atoms with Gasteiger partial charge in [0.15, 0.2) is 0 Å². The molecule has 3 heterocycles. The Balaban J connectivity index is 1.54. The lowest BCUT2D eigenvalue weighted by Crippen LogP contribution is -2.47. The van der Waals surface area contributed by atoms with Gasteiger partial charge in [0.05, 0.1) is 5.69 Å². The summed E-state index contributed by atoms with van der Waals surface area (Å²) in [6.07, 6.45) is 7.05. The molecule has 2 bridgehead atoms. The maximum Gasteiger partial charge on any atom is 0.0769 e. The van der Waals surface area contributed by atoms with Crippen molar-refractivity contribution in [3.05, 3.63) is 24.0 Å². The molecule has 2 aliphatic rings. The van der Waals surface area contributed by atoms with Gasteiger partial charge in [-0.1, -0.05) is 0 Å². The number of piperidine rings is 1. The molecule has 3 rings (SSSR count). The highest BCUT2D eigenvalue weighted by molar-refractivity contribution is 5.01. The molecule has 2 unspecified atom stereocenters. The molecule has 17 heavy (non-hydrogen) atoms. The zero-order valence-corrected chi connectivity index (χ0v) is 10.3. The molecular formula is C13H20N4. The predicted octanol–water partition coefficient (Wildman–Crippen LogP) is 1.19. The summed E-state index contributed by atoms with van der Waals surface area (Å²) in [5.41, 5.74) is 1.04. The minimum absolute atomic E-state index is 0.658. The molecule has 0 radical (unpaired) electrons. The molecule has 1 aromatic heterocycles. The van der Waals surface area contributed by atoms with Crippen molar-refractivity contribution >= 4 is 0 Å². The van der Waals surface area contributed by atoms with Crippen LogP contribution in [-0.4, -0.2) is 40.3 Å². The number of aromatic nitrogens is 2. The second-order valence-corrected chi connectivity index (χ2v) is 5.31. The monoisotopic (exact) mass is 232 g/mol. The third kappa shape index (κ3) is 2.33. The van der Waals surface area contributed by atoms with E-state index in [-0.39, 0.29) is 0 Å². The van der Waals surface area contributed by atoms with Crippen LogP contribution in [-0.2, 0) is 6.54 Å². The number of fused-ring (bicyclic) bond motifs is 2. The molecule has 0 aromatic carbocycles. The highest BCUT2D eigenvalue weighted by Crippen LogP contribution is 2.34. The summed E-state index contributed by atoms with van der Waals surface area (Å²) < 4.78 is 0. The first kappa shape index (κ1) is 11.1. The first-order valence-corrected chi connectivity index (χ1v) is 6.55. The van der Waals surface area contributed by atoms with Crippen LogP contribution in [0.1, 0.15) is 31.4 Å². The van der Waals surface area contributed by atoms with Gasteiger partial charge >= 0.3 is 0 Å². The van der Waals surface area contributed by atoms with Gasteiger partial charge < -0.3 is 10.2 Å². The molecule has 2 fully saturated rings. The summed E-state index contributed by atoms with van der Waals surface area (Å²) in [5.74, 6) is 0. The van der Waals surface area contributed by atoms with Crippen LogP contribution in [0.5, 0.6) is 0 Å². The lowest BCUT2D eigenvalue weighted by molar-refractivity contribution is 0.148. The van der Waals surface area contributed by atoms with E-state index in [4.69, 9.17) is 0 Å². The maximum atomic E-state index is 4.11. The van der Waals surface area contributed by atoms with E-state index in [2.05, 4.69) is 27.5 Å². The zero-order chi connectivity index (χ0) is 11.7. The number of hydrogen-bond acceptors (Lipinski definition) is 4. The average molecular weight is 232 g/mol. The molecular weight excluding hydrogens is 212 g/mol. The number of rotatable bonds is 3. The highest BCUT2D eigenvalue weighted by atomic mass is 15.2. The van der Waals surface area contributed by atoms with E-state index in [0.717, 1.165) is 24.3 Å². The normalized spacial score (nSPS) is 32.9. The van der Waals surface area contributed by atoms with Crippen LogP contribution >= 0.6 is 0 Å². The van der Waals surface area contributed by atoms with E-state index in [1.165, 1.54) is 25.7 Å². The Morgan fingerprint density at radius 1 is 1.35 bits per heavy atom. The van der Waals surface area contributed by atoms with Crippen molar-refractivity contribution in [1.82, 2.24) is 20.4 Å². The van der Waals surface area contributed by atoms with E-state index in [0.29, 0.717) is 6.04 Å². The van der Waals surface area contributed by atoms with E-state index < -0.39 is 0 Å². The van der Waals surface area contributed by atoms with Gasteiger partial charge in [0, 0.05) is 30.9 Å². The Morgan fingerprint density at radius 3 is 2.76 bits per heavy atom. The third-order valence-corrected chi connectivity index (χ3v) is 4.30. The maximum absolute atomic E-state index is 4.11. The Hall–Kier alpha value is -1.00. The Kier molecular flexibility index (Phi) is 3.07. The second-order valence-electron chi connectivity index (χ2n) is 5.31. The average Bonchev–Trinajstić information content (AvgIpc) is 2.61. The number of nitrogens with zero attached hydrogens (tertiary/aromatic N) is 3. The molecule has 1 N–H and O–H groups in total. The van der Waals surface area contributed by atoms with Gasteiger partial charge in [-0.15, -0.1) is 0 Å². The van der Waals surface area contributed by atoms with Crippen molar-refractivity contribution < 1.29 is 0 Å². The molecule has 92 valence electrons. The minimum atomic E-state index is 0.658. The molecule has 0 saturated carbocycles. The summed E-state index contributed by atoms with van der Waals surface area (Å²) in [7, 11) is 2.28. The van der Waals surface area contributed by atoms with Crippen molar-refractivity contribution in [1.29, 1.82) is 0 Å². The summed E-state index contributed by atoms with van der Waals surface area (Å²) in [6, 6.07) is 6.23. The zero-order valence-electron chi connectivity index (χ0n) is 10.3. The van der Waals surface area contributed by atoms with E-state index in [1.54, 1.807) is 6.20 Å². The summed E-state index contributed by atoms with van der Waals surface area (Å²) in [4.78, 5) is 2.57. The smallest absolute Gasteiger partial charge is 0.0769 e.